The van der Waals surface area contributed by atoms with Crippen LogP contribution in [0.1, 0.15) is 50.0 Å². The molecule has 1 saturated heterocycles. The van der Waals surface area contributed by atoms with Crippen molar-refractivity contribution < 1.29 is 14.3 Å². The SMILES string of the molecule is O=C(OC(=O)C1CCCN1)C1CCC[C@@H](c2ccccc2Cl)C1. The van der Waals surface area contributed by atoms with Crippen LogP contribution < -0.4 is 5.32 Å². The van der Waals surface area contributed by atoms with E-state index >= 15 is 0 Å². The Morgan fingerprint density at radius 3 is 2.65 bits per heavy atom. The predicted molar refractivity (Wildman–Crippen MR) is 88.3 cm³/mol. The number of nitrogens with one attached hydrogen (secondary N) is 1. The van der Waals surface area contributed by atoms with Crippen molar-refractivity contribution in [1.29, 1.82) is 0 Å². The van der Waals surface area contributed by atoms with Crippen LogP contribution in [0.3, 0.4) is 0 Å². The molecule has 2 aliphatic rings. The van der Waals surface area contributed by atoms with Gasteiger partial charge in [0, 0.05) is 5.02 Å². The van der Waals surface area contributed by atoms with Gasteiger partial charge in [-0.05, 0) is 56.2 Å². The summed E-state index contributed by atoms with van der Waals surface area (Å²) < 4.78 is 5.11. The molecule has 1 aromatic rings. The molecule has 2 unspecified atom stereocenters. The van der Waals surface area contributed by atoms with E-state index < -0.39 is 5.97 Å². The average molecular weight is 336 g/mol. The molecule has 5 heteroatoms. The van der Waals surface area contributed by atoms with Crippen LogP contribution in [0.5, 0.6) is 0 Å². The Labute approximate surface area is 141 Å². The van der Waals surface area contributed by atoms with Gasteiger partial charge in [0.05, 0.1) is 5.92 Å². The Morgan fingerprint density at radius 1 is 1.09 bits per heavy atom. The molecule has 2 fully saturated rings. The molecule has 1 N–H and O–H groups in total. The second kappa shape index (κ2) is 7.45. The zero-order chi connectivity index (χ0) is 16.2. The highest BCUT2D eigenvalue weighted by molar-refractivity contribution is 6.31. The fraction of sp³-hybridized carbons (Fsp3) is 0.556. The topological polar surface area (TPSA) is 55.4 Å². The maximum Gasteiger partial charge on any atom is 0.330 e. The molecular formula is C18H22ClNO3. The molecule has 0 amide bonds. The van der Waals surface area contributed by atoms with Crippen molar-refractivity contribution in [1.82, 2.24) is 5.32 Å². The first-order valence-electron chi connectivity index (χ1n) is 8.38. The highest BCUT2D eigenvalue weighted by Crippen LogP contribution is 2.39. The number of rotatable bonds is 3. The molecule has 1 heterocycles. The first-order valence-corrected chi connectivity index (χ1v) is 8.76. The molecule has 1 saturated carbocycles. The van der Waals surface area contributed by atoms with Gasteiger partial charge in [0.15, 0.2) is 0 Å². The number of hydrogen-bond acceptors (Lipinski definition) is 4. The number of esters is 2. The summed E-state index contributed by atoms with van der Waals surface area (Å²) in [5.41, 5.74) is 1.09. The van der Waals surface area contributed by atoms with Crippen molar-refractivity contribution in [2.24, 2.45) is 5.92 Å². The zero-order valence-electron chi connectivity index (χ0n) is 13.1. The summed E-state index contributed by atoms with van der Waals surface area (Å²) in [4.78, 5) is 24.3. The Hall–Kier alpha value is -1.39. The summed E-state index contributed by atoms with van der Waals surface area (Å²) in [6.45, 7) is 0.811. The first-order chi connectivity index (χ1) is 11.1. The highest BCUT2D eigenvalue weighted by Gasteiger charge is 2.33. The Morgan fingerprint density at radius 2 is 1.91 bits per heavy atom. The molecule has 4 nitrogen and oxygen atoms in total. The van der Waals surface area contributed by atoms with Gasteiger partial charge in [-0.25, -0.2) is 4.79 Å². The minimum Gasteiger partial charge on any atom is -0.392 e. The first kappa shape index (κ1) is 16.5. The summed E-state index contributed by atoms with van der Waals surface area (Å²) in [6, 6.07) is 7.47. The number of halogens is 1. The van der Waals surface area contributed by atoms with Crippen molar-refractivity contribution in [3.8, 4) is 0 Å². The van der Waals surface area contributed by atoms with Crippen molar-refractivity contribution in [2.45, 2.75) is 50.5 Å². The third kappa shape index (κ3) is 3.93. The van der Waals surface area contributed by atoms with E-state index in [0.717, 1.165) is 49.2 Å². The van der Waals surface area contributed by atoms with Gasteiger partial charge >= 0.3 is 11.9 Å². The number of benzene rings is 1. The van der Waals surface area contributed by atoms with Crippen LogP contribution in [0.2, 0.25) is 5.02 Å². The van der Waals surface area contributed by atoms with Crippen molar-refractivity contribution in [3.05, 3.63) is 34.9 Å². The molecule has 0 radical (unpaired) electrons. The van der Waals surface area contributed by atoms with Crippen molar-refractivity contribution in [2.75, 3.05) is 6.54 Å². The Balaban J connectivity index is 1.60. The zero-order valence-corrected chi connectivity index (χ0v) is 13.8. The van der Waals surface area contributed by atoms with Gasteiger partial charge in [-0.3, -0.25) is 4.79 Å². The maximum atomic E-state index is 12.3. The monoisotopic (exact) mass is 335 g/mol. The van der Waals surface area contributed by atoms with Crippen LogP contribution in [0, 0.1) is 5.92 Å². The summed E-state index contributed by atoms with van der Waals surface area (Å²) in [5.74, 6) is -0.752. The van der Waals surface area contributed by atoms with Crippen LogP contribution in [0.25, 0.3) is 0 Å². The van der Waals surface area contributed by atoms with Gasteiger partial charge in [0.1, 0.15) is 6.04 Å². The third-order valence-electron chi connectivity index (χ3n) is 4.90. The van der Waals surface area contributed by atoms with E-state index in [9.17, 15) is 9.59 Å². The van der Waals surface area contributed by atoms with E-state index in [2.05, 4.69) is 5.32 Å². The van der Waals surface area contributed by atoms with Crippen LogP contribution >= 0.6 is 11.6 Å². The van der Waals surface area contributed by atoms with Gasteiger partial charge in [0.2, 0.25) is 0 Å². The summed E-state index contributed by atoms with van der Waals surface area (Å²) in [6.07, 6.45) is 5.15. The van der Waals surface area contributed by atoms with Gasteiger partial charge in [-0.1, -0.05) is 36.2 Å². The molecule has 0 spiro atoms. The largest absolute Gasteiger partial charge is 0.392 e. The quantitative estimate of drug-likeness (QED) is 0.679. The van der Waals surface area contributed by atoms with Gasteiger partial charge < -0.3 is 10.1 Å². The van der Waals surface area contributed by atoms with Crippen LogP contribution in [0.4, 0.5) is 0 Å². The van der Waals surface area contributed by atoms with Crippen LogP contribution in [-0.2, 0) is 14.3 Å². The van der Waals surface area contributed by atoms with E-state index in [-0.39, 0.29) is 23.8 Å². The van der Waals surface area contributed by atoms with Gasteiger partial charge in [-0.15, -0.1) is 0 Å². The lowest BCUT2D eigenvalue weighted by atomic mass is 9.78. The standard InChI is InChI=1S/C18H22ClNO3/c19-15-8-2-1-7-14(15)12-5-3-6-13(11-12)17(21)23-18(22)16-9-4-10-20-16/h1-2,7-8,12-13,16,20H,3-6,9-11H2/t12-,13?,16?/m1/s1. The van der Waals surface area contributed by atoms with Crippen molar-refractivity contribution >= 4 is 23.5 Å². The van der Waals surface area contributed by atoms with Crippen LogP contribution in [-0.4, -0.2) is 24.5 Å². The minimum atomic E-state index is -0.424. The second-order valence-corrected chi connectivity index (χ2v) is 6.88. The maximum absolute atomic E-state index is 12.3. The van der Waals surface area contributed by atoms with E-state index in [0.29, 0.717) is 6.42 Å². The summed E-state index contributed by atoms with van der Waals surface area (Å²) in [7, 11) is 0. The Bertz CT molecular complexity index is 583. The minimum absolute atomic E-state index is 0.213. The number of carbonyl (C=O) groups is 2. The molecule has 1 aliphatic carbocycles. The van der Waals surface area contributed by atoms with E-state index in [4.69, 9.17) is 16.3 Å². The average Bonchev–Trinajstić information content (AvgIpc) is 3.10. The molecule has 124 valence electrons. The normalized spacial score (nSPS) is 27.6. The van der Waals surface area contributed by atoms with Gasteiger partial charge in [-0.2, -0.15) is 0 Å². The molecule has 0 aromatic heterocycles. The van der Waals surface area contributed by atoms with E-state index in [1.54, 1.807) is 0 Å². The lowest BCUT2D eigenvalue weighted by Crippen LogP contribution is -2.36. The smallest absolute Gasteiger partial charge is 0.330 e. The lowest BCUT2D eigenvalue weighted by molar-refractivity contribution is -0.164. The fourth-order valence-electron chi connectivity index (χ4n) is 3.63. The summed E-state index contributed by atoms with van der Waals surface area (Å²) >= 11 is 6.28. The molecule has 1 aliphatic heterocycles. The molecular weight excluding hydrogens is 314 g/mol. The third-order valence-corrected chi connectivity index (χ3v) is 5.24. The van der Waals surface area contributed by atoms with E-state index in [1.807, 2.05) is 24.3 Å². The molecule has 23 heavy (non-hydrogen) atoms. The van der Waals surface area contributed by atoms with Crippen LogP contribution in [0.15, 0.2) is 24.3 Å². The number of ether oxygens (including phenoxy) is 1. The molecule has 3 atom stereocenters. The highest BCUT2D eigenvalue weighted by atomic mass is 35.5. The lowest BCUT2D eigenvalue weighted by Gasteiger charge is -2.28. The number of carbonyl (C=O) groups excluding carboxylic acids is 2. The predicted octanol–water partition coefficient (Wildman–Crippen LogP) is 3.44. The van der Waals surface area contributed by atoms with Crippen molar-refractivity contribution in [3.63, 3.8) is 0 Å². The molecule has 0 bridgehead atoms. The number of hydrogen-bond donors (Lipinski definition) is 1. The van der Waals surface area contributed by atoms with Gasteiger partial charge in [0.25, 0.3) is 0 Å². The molecule has 3 rings (SSSR count). The Kier molecular flexibility index (Phi) is 5.34. The fourth-order valence-corrected chi connectivity index (χ4v) is 3.92. The molecule has 1 aromatic carbocycles. The van der Waals surface area contributed by atoms with E-state index in [1.165, 1.54) is 0 Å². The second-order valence-electron chi connectivity index (χ2n) is 6.47. The summed E-state index contributed by atoms with van der Waals surface area (Å²) in [5, 5.41) is 3.81.